The SMILES string of the molecule is O=C(Nc1cccnc1)c1ccc2c(c1)[C@H]1[C@H]3CC[C@H](C3)[C@H]1[C@H](c1ccccc1)N2. The molecule has 2 heterocycles. The molecule has 3 aliphatic rings. The quantitative estimate of drug-likeness (QED) is 0.604. The average molecular weight is 396 g/mol. The highest BCUT2D eigenvalue weighted by atomic mass is 16.1. The van der Waals surface area contributed by atoms with Gasteiger partial charge in [0.15, 0.2) is 0 Å². The van der Waals surface area contributed by atoms with Crippen LogP contribution in [0.2, 0.25) is 0 Å². The van der Waals surface area contributed by atoms with Crippen LogP contribution in [0.5, 0.6) is 0 Å². The Morgan fingerprint density at radius 3 is 2.70 bits per heavy atom. The first-order valence-electron chi connectivity index (χ1n) is 10.9. The van der Waals surface area contributed by atoms with E-state index in [4.69, 9.17) is 0 Å². The van der Waals surface area contributed by atoms with E-state index >= 15 is 0 Å². The third kappa shape index (κ3) is 2.82. The Hall–Kier alpha value is -3.14. The van der Waals surface area contributed by atoms with Crippen LogP contribution in [0.15, 0.2) is 73.1 Å². The minimum absolute atomic E-state index is 0.0734. The molecular weight excluding hydrogens is 370 g/mol. The van der Waals surface area contributed by atoms with Gasteiger partial charge in [0.1, 0.15) is 0 Å². The number of rotatable bonds is 3. The zero-order valence-electron chi connectivity index (χ0n) is 16.8. The maximum atomic E-state index is 12.9. The summed E-state index contributed by atoms with van der Waals surface area (Å²) in [5.74, 6) is 2.59. The van der Waals surface area contributed by atoms with E-state index in [9.17, 15) is 4.79 Å². The summed E-state index contributed by atoms with van der Waals surface area (Å²) in [5, 5.41) is 6.82. The summed E-state index contributed by atoms with van der Waals surface area (Å²) in [6.45, 7) is 0. The molecule has 3 aromatic rings. The lowest BCUT2D eigenvalue weighted by Gasteiger charge is -2.43. The van der Waals surface area contributed by atoms with Gasteiger partial charge in [0.2, 0.25) is 0 Å². The topological polar surface area (TPSA) is 54.0 Å². The minimum Gasteiger partial charge on any atom is -0.378 e. The Morgan fingerprint density at radius 2 is 1.87 bits per heavy atom. The summed E-state index contributed by atoms with van der Waals surface area (Å²) < 4.78 is 0. The zero-order chi connectivity index (χ0) is 20.1. The van der Waals surface area contributed by atoms with Gasteiger partial charge < -0.3 is 10.6 Å². The first-order valence-corrected chi connectivity index (χ1v) is 10.9. The Bertz CT molecular complexity index is 1080. The Morgan fingerprint density at radius 1 is 1.00 bits per heavy atom. The Balaban J connectivity index is 1.36. The molecule has 1 aromatic heterocycles. The second kappa shape index (κ2) is 6.98. The number of carbonyl (C=O) groups is 1. The third-order valence-electron chi connectivity index (χ3n) is 7.43. The molecule has 0 saturated heterocycles. The second-order valence-electron chi connectivity index (χ2n) is 8.97. The number of carbonyl (C=O) groups excluding carboxylic acids is 1. The molecule has 1 amide bonds. The molecule has 4 nitrogen and oxygen atoms in total. The fourth-order valence-electron chi connectivity index (χ4n) is 6.26. The lowest BCUT2D eigenvalue weighted by Crippen LogP contribution is -2.35. The molecule has 2 N–H and O–H groups in total. The maximum absolute atomic E-state index is 12.9. The highest BCUT2D eigenvalue weighted by Gasteiger charge is 2.53. The van der Waals surface area contributed by atoms with Crippen LogP contribution in [0.3, 0.4) is 0 Å². The van der Waals surface area contributed by atoms with E-state index in [-0.39, 0.29) is 5.91 Å². The van der Waals surface area contributed by atoms with Crippen molar-refractivity contribution in [1.82, 2.24) is 4.98 Å². The number of benzene rings is 2. The van der Waals surface area contributed by atoms with Crippen molar-refractivity contribution in [2.75, 3.05) is 10.6 Å². The highest BCUT2D eigenvalue weighted by Crippen LogP contribution is 2.63. The molecule has 2 saturated carbocycles. The van der Waals surface area contributed by atoms with Crippen LogP contribution in [0.25, 0.3) is 0 Å². The number of hydrogen-bond donors (Lipinski definition) is 2. The van der Waals surface area contributed by atoms with Crippen LogP contribution in [0.1, 0.15) is 52.7 Å². The van der Waals surface area contributed by atoms with E-state index in [1.807, 2.05) is 18.2 Å². The zero-order valence-corrected chi connectivity index (χ0v) is 16.8. The number of hydrogen-bond acceptors (Lipinski definition) is 3. The van der Waals surface area contributed by atoms with Gasteiger partial charge in [-0.05, 0) is 84.4 Å². The van der Waals surface area contributed by atoms with Crippen molar-refractivity contribution < 1.29 is 4.79 Å². The lowest BCUT2D eigenvalue weighted by atomic mass is 9.68. The van der Waals surface area contributed by atoms with Crippen LogP contribution in [0, 0.1) is 17.8 Å². The van der Waals surface area contributed by atoms with Crippen molar-refractivity contribution in [1.29, 1.82) is 0 Å². The van der Waals surface area contributed by atoms with Crippen LogP contribution < -0.4 is 10.6 Å². The molecule has 30 heavy (non-hydrogen) atoms. The summed E-state index contributed by atoms with van der Waals surface area (Å²) in [4.78, 5) is 17.0. The van der Waals surface area contributed by atoms with Gasteiger partial charge in [0.25, 0.3) is 5.91 Å². The summed E-state index contributed by atoms with van der Waals surface area (Å²) in [6, 6.07) is 21.1. The third-order valence-corrected chi connectivity index (χ3v) is 7.43. The van der Waals surface area contributed by atoms with Crippen molar-refractivity contribution in [2.24, 2.45) is 17.8 Å². The Kier molecular flexibility index (Phi) is 4.12. The first-order chi connectivity index (χ1) is 14.8. The van der Waals surface area contributed by atoms with Gasteiger partial charge in [-0.3, -0.25) is 9.78 Å². The summed E-state index contributed by atoms with van der Waals surface area (Å²) >= 11 is 0. The van der Waals surface area contributed by atoms with Gasteiger partial charge in [-0.15, -0.1) is 0 Å². The molecule has 2 bridgehead atoms. The first kappa shape index (κ1) is 17.7. The van der Waals surface area contributed by atoms with Crippen LogP contribution >= 0.6 is 0 Å². The maximum Gasteiger partial charge on any atom is 0.255 e. The molecule has 2 aromatic carbocycles. The van der Waals surface area contributed by atoms with Crippen LogP contribution in [-0.4, -0.2) is 10.9 Å². The number of fused-ring (bicyclic) bond motifs is 7. The summed E-state index contributed by atoms with van der Waals surface area (Å²) in [5.41, 5.74) is 5.34. The number of amides is 1. The number of anilines is 2. The molecule has 1 aliphatic heterocycles. The molecule has 0 radical (unpaired) electrons. The van der Waals surface area contributed by atoms with Gasteiger partial charge in [0.05, 0.1) is 17.9 Å². The minimum atomic E-state index is -0.0734. The van der Waals surface area contributed by atoms with Gasteiger partial charge in [-0.2, -0.15) is 0 Å². The predicted molar refractivity (Wildman–Crippen MR) is 118 cm³/mol. The van der Waals surface area contributed by atoms with Crippen LogP contribution in [0.4, 0.5) is 11.4 Å². The summed E-state index contributed by atoms with van der Waals surface area (Å²) in [6.07, 6.45) is 7.37. The van der Waals surface area contributed by atoms with Gasteiger partial charge in [-0.1, -0.05) is 30.3 Å². The van der Waals surface area contributed by atoms with E-state index in [0.717, 1.165) is 23.1 Å². The van der Waals surface area contributed by atoms with Crippen molar-refractivity contribution in [2.45, 2.75) is 31.2 Å². The standard InChI is InChI=1S/C26H25N3O/c30-26(28-20-7-4-12-27-15-20)19-10-11-22-21(14-19)23-17-8-9-18(13-17)24(23)25(29-22)16-5-2-1-3-6-16/h1-7,10-12,14-15,17-18,23-25,29H,8-9,13H2,(H,28,30)/t17-,18+,23+,24+,25-/m0/s1. The van der Waals surface area contributed by atoms with E-state index in [0.29, 0.717) is 17.9 Å². The van der Waals surface area contributed by atoms with E-state index < -0.39 is 0 Å². The molecule has 5 atom stereocenters. The number of aromatic nitrogens is 1. The van der Waals surface area contributed by atoms with Gasteiger partial charge in [-0.25, -0.2) is 0 Å². The van der Waals surface area contributed by atoms with Crippen molar-refractivity contribution in [3.63, 3.8) is 0 Å². The van der Waals surface area contributed by atoms with Gasteiger partial charge >= 0.3 is 0 Å². The number of nitrogens with one attached hydrogen (secondary N) is 2. The lowest BCUT2D eigenvalue weighted by molar-refractivity contribution is 0.102. The summed E-state index contributed by atoms with van der Waals surface area (Å²) in [7, 11) is 0. The average Bonchev–Trinajstić information content (AvgIpc) is 3.42. The molecule has 2 fully saturated rings. The molecule has 0 unspecified atom stereocenters. The molecule has 2 aliphatic carbocycles. The van der Waals surface area contributed by atoms with E-state index in [1.165, 1.54) is 36.1 Å². The van der Waals surface area contributed by atoms with Crippen molar-refractivity contribution in [3.05, 3.63) is 89.7 Å². The highest BCUT2D eigenvalue weighted by molar-refractivity contribution is 6.04. The molecular formula is C26H25N3O. The predicted octanol–water partition coefficient (Wildman–Crippen LogP) is 5.63. The fraction of sp³-hybridized carbons (Fsp3) is 0.308. The van der Waals surface area contributed by atoms with Crippen molar-refractivity contribution >= 4 is 17.3 Å². The number of nitrogens with zero attached hydrogens (tertiary/aromatic N) is 1. The molecule has 6 rings (SSSR count). The van der Waals surface area contributed by atoms with E-state index in [2.05, 4.69) is 58.1 Å². The second-order valence-corrected chi connectivity index (χ2v) is 8.97. The smallest absolute Gasteiger partial charge is 0.255 e. The molecule has 4 heteroatoms. The van der Waals surface area contributed by atoms with Crippen LogP contribution in [-0.2, 0) is 0 Å². The molecule has 150 valence electrons. The number of pyridine rings is 1. The Labute approximate surface area is 176 Å². The van der Waals surface area contributed by atoms with Crippen molar-refractivity contribution in [3.8, 4) is 0 Å². The monoisotopic (exact) mass is 395 g/mol. The fourth-order valence-corrected chi connectivity index (χ4v) is 6.26. The van der Waals surface area contributed by atoms with E-state index in [1.54, 1.807) is 12.4 Å². The van der Waals surface area contributed by atoms with Gasteiger partial charge in [0, 0.05) is 17.4 Å². The normalized spacial score (nSPS) is 28.3. The largest absolute Gasteiger partial charge is 0.378 e. The molecule has 0 spiro atoms.